The lowest BCUT2D eigenvalue weighted by molar-refractivity contribution is 0.0697. The lowest BCUT2D eigenvalue weighted by atomic mass is 9.95. The van der Waals surface area contributed by atoms with Crippen LogP contribution in [0.1, 0.15) is 48.1 Å². The molecule has 1 heterocycles. The van der Waals surface area contributed by atoms with Crippen LogP contribution in [0.25, 0.3) is 11.4 Å². The zero-order valence-corrected chi connectivity index (χ0v) is 13.4. The monoisotopic (exact) mass is 287 g/mol. The van der Waals surface area contributed by atoms with Crippen LogP contribution in [-0.4, -0.2) is 25.8 Å². The predicted molar refractivity (Wildman–Crippen MR) is 81.6 cm³/mol. The molecule has 0 aliphatic carbocycles. The summed E-state index contributed by atoms with van der Waals surface area (Å²) in [6, 6.07) is 3.74. The number of hydrogen-bond acceptors (Lipinski definition) is 3. The molecule has 2 aromatic rings. The topological polar surface area (TPSA) is 68.0 Å². The fourth-order valence-electron chi connectivity index (χ4n) is 2.29. The van der Waals surface area contributed by atoms with Crippen LogP contribution in [0, 0.1) is 13.8 Å². The van der Waals surface area contributed by atoms with Crippen molar-refractivity contribution in [1.82, 2.24) is 14.8 Å². The highest BCUT2D eigenvalue weighted by Crippen LogP contribution is 2.30. The zero-order valence-electron chi connectivity index (χ0n) is 13.4. The number of benzene rings is 1. The number of nitrogens with zero attached hydrogens (tertiary/aromatic N) is 3. The fourth-order valence-corrected chi connectivity index (χ4v) is 2.29. The van der Waals surface area contributed by atoms with Gasteiger partial charge in [0.1, 0.15) is 0 Å². The molecule has 1 aromatic carbocycles. The van der Waals surface area contributed by atoms with Crippen LogP contribution in [0.2, 0.25) is 0 Å². The van der Waals surface area contributed by atoms with Gasteiger partial charge >= 0.3 is 5.97 Å². The summed E-state index contributed by atoms with van der Waals surface area (Å²) >= 11 is 0. The summed E-state index contributed by atoms with van der Waals surface area (Å²) in [7, 11) is 1.80. The minimum Gasteiger partial charge on any atom is -0.478 e. The van der Waals surface area contributed by atoms with Crippen molar-refractivity contribution in [2.45, 2.75) is 40.0 Å². The Morgan fingerprint density at radius 3 is 2.24 bits per heavy atom. The number of carboxylic acid groups (broad SMARTS) is 1. The molecule has 0 bridgehead atoms. The highest BCUT2D eigenvalue weighted by molar-refractivity contribution is 5.97. The Morgan fingerprint density at radius 2 is 1.76 bits per heavy atom. The zero-order chi connectivity index (χ0) is 15.9. The summed E-state index contributed by atoms with van der Waals surface area (Å²) in [5.41, 5.74) is 2.37. The van der Waals surface area contributed by atoms with Crippen LogP contribution in [0.4, 0.5) is 0 Å². The van der Waals surface area contributed by atoms with Crippen LogP contribution < -0.4 is 0 Å². The first-order valence-corrected chi connectivity index (χ1v) is 6.88. The second-order valence-electron chi connectivity index (χ2n) is 6.39. The number of carbonyl (C=O) groups is 1. The maximum atomic E-state index is 11.6. The molecule has 0 aliphatic rings. The molecular formula is C16H21N3O2. The molecule has 21 heavy (non-hydrogen) atoms. The number of hydrogen-bond donors (Lipinski definition) is 1. The highest BCUT2D eigenvalue weighted by Gasteiger charge is 2.25. The van der Waals surface area contributed by atoms with Gasteiger partial charge in [-0.25, -0.2) is 14.5 Å². The SMILES string of the molecule is Cc1ccc(C)c(-c2nc(C(C)(C)C)nn2C)c1C(=O)O. The number of rotatable bonds is 2. The van der Waals surface area contributed by atoms with Crippen LogP contribution in [0.15, 0.2) is 12.1 Å². The molecule has 0 fully saturated rings. The third kappa shape index (κ3) is 2.68. The highest BCUT2D eigenvalue weighted by atomic mass is 16.4. The quantitative estimate of drug-likeness (QED) is 0.921. The van der Waals surface area contributed by atoms with Crippen molar-refractivity contribution >= 4 is 5.97 Å². The van der Waals surface area contributed by atoms with Gasteiger partial charge in [0.15, 0.2) is 11.6 Å². The first-order chi connectivity index (χ1) is 9.62. The number of aromatic nitrogens is 3. The van der Waals surface area contributed by atoms with E-state index in [4.69, 9.17) is 0 Å². The van der Waals surface area contributed by atoms with Crippen molar-refractivity contribution < 1.29 is 9.90 Å². The summed E-state index contributed by atoms with van der Waals surface area (Å²) in [6.45, 7) is 9.80. The van der Waals surface area contributed by atoms with Gasteiger partial charge in [0.2, 0.25) is 0 Å². The Balaban J connectivity index is 2.76. The van der Waals surface area contributed by atoms with Crippen molar-refractivity contribution in [2.24, 2.45) is 7.05 Å². The smallest absolute Gasteiger partial charge is 0.336 e. The van der Waals surface area contributed by atoms with E-state index in [9.17, 15) is 9.90 Å². The summed E-state index contributed by atoms with van der Waals surface area (Å²) in [5.74, 6) is 0.363. The van der Waals surface area contributed by atoms with Crippen LogP contribution in [-0.2, 0) is 12.5 Å². The molecule has 1 aromatic heterocycles. The first kappa shape index (κ1) is 15.2. The molecule has 0 saturated carbocycles. The molecule has 112 valence electrons. The standard InChI is InChI=1S/C16H21N3O2/c1-9-7-8-10(2)12(14(20)21)11(9)13-17-15(16(3,4)5)18-19(13)6/h7-8H,1-6H3,(H,20,21). The molecule has 0 saturated heterocycles. The summed E-state index contributed by atoms with van der Waals surface area (Å²) in [6.07, 6.45) is 0. The van der Waals surface area contributed by atoms with E-state index < -0.39 is 5.97 Å². The molecular weight excluding hydrogens is 266 g/mol. The molecule has 0 radical (unpaired) electrons. The van der Waals surface area contributed by atoms with Crippen LogP contribution >= 0.6 is 0 Å². The van der Waals surface area contributed by atoms with E-state index in [0.29, 0.717) is 22.8 Å². The number of carboxylic acids is 1. The Labute approximate surface area is 124 Å². The van der Waals surface area contributed by atoms with E-state index >= 15 is 0 Å². The third-order valence-corrected chi connectivity index (χ3v) is 3.49. The van der Waals surface area contributed by atoms with Gasteiger partial charge in [-0.1, -0.05) is 32.9 Å². The lowest BCUT2D eigenvalue weighted by Crippen LogP contribution is -2.13. The fraction of sp³-hybridized carbons (Fsp3) is 0.438. The Bertz CT molecular complexity index is 709. The van der Waals surface area contributed by atoms with Gasteiger partial charge in [-0.05, 0) is 25.0 Å². The van der Waals surface area contributed by atoms with E-state index in [1.165, 1.54) is 0 Å². The molecule has 0 amide bonds. The van der Waals surface area contributed by atoms with Crippen molar-refractivity contribution in [1.29, 1.82) is 0 Å². The largest absolute Gasteiger partial charge is 0.478 e. The normalized spacial score (nSPS) is 11.7. The maximum Gasteiger partial charge on any atom is 0.336 e. The molecule has 0 spiro atoms. The van der Waals surface area contributed by atoms with Gasteiger partial charge in [0.05, 0.1) is 5.56 Å². The van der Waals surface area contributed by atoms with E-state index in [0.717, 1.165) is 11.1 Å². The van der Waals surface area contributed by atoms with E-state index in [1.807, 2.05) is 39.8 Å². The van der Waals surface area contributed by atoms with Gasteiger partial charge in [0.25, 0.3) is 0 Å². The second kappa shape index (κ2) is 4.98. The molecule has 1 N–H and O–H groups in total. The summed E-state index contributed by atoms with van der Waals surface area (Å²) < 4.78 is 1.66. The Kier molecular flexibility index (Phi) is 3.61. The van der Waals surface area contributed by atoms with Gasteiger partial charge in [-0.15, -0.1) is 0 Å². The second-order valence-corrected chi connectivity index (χ2v) is 6.39. The van der Waals surface area contributed by atoms with E-state index in [-0.39, 0.29) is 5.41 Å². The molecule has 5 heteroatoms. The lowest BCUT2D eigenvalue weighted by Gasteiger charge is -2.12. The number of aryl methyl sites for hydroxylation is 3. The van der Waals surface area contributed by atoms with Gasteiger partial charge in [-0.3, -0.25) is 0 Å². The van der Waals surface area contributed by atoms with Crippen molar-refractivity contribution in [3.05, 3.63) is 34.6 Å². The Morgan fingerprint density at radius 1 is 1.19 bits per heavy atom. The Hall–Kier alpha value is -2.17. The molecule has 0 atom stereocenters. The molecule has 5 nitrogen and oxygen atoms in total. The summed E-state index contributed by atoms with van der Waals surface area (Å²) in [4.78, 5) is 16.2. The van der Waals surface area contributed by atoms with Crippen LogP contribution in [0.3, 0.4) is 0 Å². The minimum absolute atomic E-state index is 0.183. The number of aromatic carboxylic acids is 1. The van der Waals surface area contributed by atoms with Gasteiger partial charge < -0.3 is 5.11 Å². The molecule has 0 unspecified atom stereocenters. The molecule has 0 aliphatic heterocycles. The average Bonchev–Trinajstić information content (AvgIpc) is 2.73. The predicted octanol–water partition coefficient (Wildman–Crippen LogP) is 3.09. The van der Waals surface area contributed by atoms with Crippen molar-refractivity contribution in [3.8, 4) is 11.4 Å². The summed E-state index contributed by atoms with van der Waals surface area (Å²) in [5, 5.41) is 14.0. The third-order valence-electron chi connectivity index (χ3n) is 3.49. The van der Waals surface area contributed by atoms with Gasteiger partial charge in [0, 0.05) is 18.0 Å². The van der Waals surface area contributed by atoms with E-state index in [2.05, 4.69) is 10.1 Å². The van der Waals surface area contributed by atoms with Crippen LogP contribution in [0.5, 0.6) is 0 Å². The average molecular weight is 287 g/mol. The van der Waals surface area contributed by atoms with Gasteiger partial charge in [-0.2, -0.15) is 5.10 Å². The first-order valence-electron chi connectivity index (χ1n) is 6.88. The maximum absolute atomic E-state index is 11.6. The molecule has 2 rings (SSSR count). The van der Waals surface area contributed by atoms with Crippen molar-refractivity contribution in [2.75, 3.05) is 0 Å². The van der Waals surface area contributed by atoms with E-state index in [1.54, 1.807) is 18.7 Å². The van der Waals surface area contributed by atoms with Crippen molar-refractivity contribution in [3.63, 3.8) is 0 Å². The minimum atomic E-state index is -0.938.